The minimum absolute atomic E-state index is 0.382. The van der Waals surface area contributed by atoms with E-state index in [1.165, 1.54) is 43.2 Å². The molecule has 19 heavy (non-hydrogen) atoms. The molecule has 2 nitrogen and oxygen atoms in total. The topological polar surface area (TPSA) is 29.3 Å². The molecule has 1 saturated carbocycles. The molecule has 1 aromatic carbocycles. The fraction of sp³-hybridized carbons (Fsp3) is 0.647. The van der Waals surface area contributed by atoms with Crippen LogP contribution in [0.15, 0.2) is 24.3 Å². The highest BCUT2D eigenvalue weighted by Crippen LogP contribution is 2.29. The molecule has 1 atom stereocenters. The summed E-state index contributed by atoms with van der Waals surface area (Å²) in [7, 11) is 0. The predicted octanol–water partition coefficient (Wildman–Crippen LogP) is 3.65. The maximum absolute atomic E-state index is 6.10. The normalized spacial score (nSPS) is 18.7. The molecule has 1 unspecified atom stereocenters. The molecular formula is C17H28N2. The quantitative estimate of drug-likeness (QED) is 0.875. The molecule has 0 aliphatic heterocycles. The van der Waals surface area contributed by atoms with Crippen molar-refractivity contribution >= 4 is 0 Å². The van der Waals surface area contributed by atoms with Gasteiger partial charge in [0.25, 0.3) is 0 Å². The molecule has 0 bridgehead atoms. The molecule has 1 fully saturated rings. The number of rotatable bonds is 5. The molecule has 0 amide bonds. The second kappa shape index (κ2) is 7.06. The Hall–Kier alpha value is -0.860. The molecular weight excluding hydrogens is 232 g/mol. The fourth-order valence-corrected chi connectivity index (χ4v) is 3.49. The van der Waals surface area contributed by atoms with E-state index in [1.54, 1.807) is 0 Å². The van der Waals surface area contributed by atoms with Crippen LogP contribution in [0.4, 0.5) is 0 Å². The third-order valence-corrected chi connectivity index (χ3v) is 4.46. The monoisotopic (exact) mass is 260 g/mol. The van der Waals surface area contributed by atoms with E-state index in [2.05, 4.69) is 43.0 Å². The van der Waals surface area contributed by atoms with E-state index in [1.807, 2.05) is 0 Å². The summed E-state index contributed by atoms with van der Waals surface area (Å²) in [5.41, 5.74) is 8.81. The molecule has 1 aliphatic carbocycles. The average Bonchev–Trinajstić information content (AvgIpc) is 2.45. The van der Waals surface area contributed by atoms with E-state index in [0.717, 1.165) is 12.6 Å². The Labute approximate surface area is 118 Å². The molecule has 0 radical (unpaired) electrons. The number of nitrogens with two attached hydrogens (primary N) is 1. The number of hydrogen-bond acceptors (Lipinski definition) is 2. The van der Waals surface area contributed by atoms with Gasteiger partial charge in [0.1, 0.15) is 0 Å². The molecule has 1 aliphatic rings. The van der Waals surface area contributed by atoms with Crippen molar-refractivity contribution < 1.29 is 0 Å². The van der Waals surface area contributed by atoms with Crippen LogP contribution in [0.3, 0.4) is 0 Å². The van der Waals surface area contributed by atoms with Crippen LogP contribution < -0.4 is 5.73 Å². The van der Waals surface area contributed by atoms with Crippen molar-refractivity contribution in [3.05, 3.63) is 35.4 Å². The van der Waals surface area contributed by atoms with E-state index >= 15 is 0 Å². The van der Waals surface area contributed by atoms with Gasteiger partial charge in [-0.25, -0.2) is 0 Å². The second-order valence-electron chi connectivity index (χ2n) is 5.79. The largest absolute Gasteiger partial charge is 0.329 e. The predicted molar refractivity (Wildman–Crippen MR) is 82.2 cm³/mol. The lowest BCUT2D eigenvalue weighted by Gasteiger charge is -2.39. The molecule has 1 aromatic rings. The minimum Gasteiger partial charge on any atom is -0.329 e. The number of aryl methyl sites for hydroxylation is 1. The molecule has 0 saturated heterocycles. The van der Waals surface area contributed by atoms with Crippen LogP contribution in [-0.4, -0.2) is 24.0 Å². The van der Waals surface area contributed by atoms with Crippen molar-refractivity contribution in [3.63, 3.8) is 0 Å². The van der Waals surface area contributed by atoms with Gasteiger partial charge in [0.05, 0.1) is 0 Å². The second-order valence-corrected chi connectivity index (χ2v) is 5.79. The summed E-state index contributed by atoms with van der Waals surface area (Å²) in [6.07, 6.45) is 6.86. The summed E-state index contributed by atoms with van der Waals surface area (Å²) in [4.78, 5) is 2.63. The first-order chi connectivity index (χ1) is 9.26. The number of likely N-dealkylation sites (N-methyl/N-ethyl adjacent to an activating group) is 1. The summed E-state index contributed by atoms with van der Waals surface area (Å²) in [6, 6.07) is 9.95. The highest BCUT2D eigenvalue weighted by Gasteiger charge is 2.26. The summed E-state index contributed by atoms with van der Waals surface area (Å²) in [6.45, 7) is 6.25. The van der Waals surface area contributed by atoms with Crippen molar-refractivity contribution in [1.29, 1.82) is 0 Å². The van der Waals surface area contributed by atoms with E-state index in [4.69, 9.17) is 5.73 Å². The molecule has 2 N–H and O–H groups in total. The zero-order valence-corrected chi connectivity index (χ0v) is 12.4. The smallest absolute Gasteiger partial charge is 0.0473 e. The van der Waals surface area contributed by atoms with Crippen LogP contribution in [0.1, 0.15) is 56.2 Å². The van der Waals surface area contributed by atoms with Crippen molar-refractivity contribution in [2.24, 2.45) is 5.73 Å². The van der Waals surface area contributed by atoms with Gasteiger partial charge in [-0.05, 0) is 31.9 Å². The Morgan fingerprint density at radius 1 is 1.26 bits per heavy atom. The first-order valence-corrected chi connectivity index (χ1v) is 7.78. The van der Waals surface area contributed by atoms with Crippen LogP contribution in [0, 0.1) is 6.92 Å². The Bertz CT molecular complexity index is 383. The average molecular weight is 260 g/mol. The van der Waals surface area contributed by atoms with Gasteiger partial charge >= 0.3 is 0 Å². The van der Waals surface area contributed by atoms with Gasteiger partial charge in [-0.2, -0.15) is 0 Å². The van der Waals surface area contributed by atoms with Crippen LogP contribution in [0.5, 0.6) is 0 Å². The third-order valence-electron chi connectivity index (χ3n) is 4.46. The first-order valence-electron chi connectivity index (χ1n) is 7.78. The summed E-state index contributed by atoms with van der Waals surface area (Å²) in [5, 5.41) is 0. The van der Waals surface area contributed by atoms with Crippen LogP contribution in [0.2, 0.25) is 0 Å². The van der Waals surface area contributed by atoms with Gasteiger partial charge < -0.3 is 5.73 Å². The Morgan fingerprint density at radius 3 is 2.58 bits per heavy atom. The van der Waals surface area contributed by atoms with Gasteiger partial charge in [0.2, 0.25) is 0 Å². The summed E-state index contributed by atoms with van der Waals surface area (Å²) in [5.74, 6) is 0. The minimum atomic E-state index is 0.382. The maximum Gasteiger partial charge on any atom is 0.0473 e. The molecule has 0 spiro atoms. The third kappa shape index (κ3) is 3.58. The van der Waals surface area contributed by atoms with Crippen LogP contribution in [0.25, 0.3) is 0 Å². The van der Waals surface area contributed by atoms with Gasteiger partial charge in [-0.1, -0.05) is 56.0 Å². The fourth-order valence-electron chi connectivity index (χ4n) is 3.49. The van der Waals surface area contributed by atoms with Gasteiger partial charge in [-0.3, -0.25) is 4.90 Å². The van der Waals surface area contributed by atoms with Crippen LogP contribution >= 0.6 is 0 Å². The van der Waals surface area contributed by atoms with Gasteiger partial charge in [0, 0.05) is 18.6 Å². The molecule has 2 rings (SSSR count). The lowest BCUT2D eigenvalue weighted by molar-refractivity contribution is 0.114. The maximum atomic E-state index is 6.10. The Morgan fingerprint density at radius 2 is 2.00 bits per heavy atom. The van der Waals surface area contributed by atoms with Gasteiger partial charge in [-0.15, -0.1) is 0 Å². The standard InChI is InChI=1S/C17H28N2/c1-3-19(16-10-5-4-6-11-16)17(13-18)15-9-7-8-14(2)12-15/h7-9,12,16-17H,3-6,10-11,13,18H2,1-2H3. The molecule has 2 heteroatoms. The zero-order chi connectivity index (χ0) is 13.7. The Kier molecular flexibility index (Phi) is 5.41. The SMILES string of the molecule is CCN(C1CCCCC1)C(CN)c1cccc(C)c1. The summed E-state index contributed by atoms with van der Waals surface area (Å²) >= 11 is 0. The van der Waals surface area contributed by atoms with Gasteiger partial charge in [0.15, 0.2) is 0 Å². The lowest BCUT2D eigenvalue weighted by Crippen LogP contribution is -2.42. The number of benzene rings is 1. The van der Waals surface area contributed by atoms with Crippen molar-refractivity contribution in [1.82, 2.24) is 4.90 Å². The highest BCUT2D eigenvalue weighted by molar-refractivity contribution is 5.25. The van der Waals surface area contributed by atoms with Crippen molar-refractivity contribution in [2.45, 2.75) is 58.0 Å². The van der Waals surface area contributed by atoms with E-state index in [0.29, 0.717) is 12.6 Å². The van der Waals surface area contributed by atoms with E-state index in [9.17, 15) is 0 Å². The van der Waals surface area contributed by atoms with E-state index in [-0.39, 0.29) is 0 Å². The molecule has 106 valence electrons. The first kappa shape index (κ1) is 14.5. The number of hydrogen-bond donors (Lipinski definition) is 1. The lowest BCUT2D eigenvalue weighted by atomic mass is 9.91. The highest BCUT2D eigenvalue weighted by atomic mass is 15.2. The van der Waals surface area contributed by atoms with Crippen LogP contribution in [-0.2, 0) is 0 Å². The molecule has 0 aromatic heterocycles. The van der Waals surface area contributed by atoms with E-state index < -0.39 is 0 Å². The Balaban J connectivity index is 2.17. The van der Waals surface area contributed by atoms with Crippen molar-refractivity contribution in [2.75, 3.05) is 13.1 Å². The van der Waals surface area contributed by atoms with Crippen molar-refractivity contribution in [3.8, 4) is 0 Å². The zero-order valence-electron chi connectivity index (χ0n) is 12.4. The summed E-state index contributed by atoms with van der Waals surface area (Å²) < 4.78 is 0. The number of nitrogens with zero attached hydrogens (tertiary/aromatic N) is 1. The molecule has 0 heterocycles.